The summed E-state index contributed by atoms with van der Waals surface area (Å²) >= 11 is 0. The number of hydrogen-bond donors (Lipinski definition) is 1. The summed E-state index contributed by atoms with van der Waals surface area (Å²) in [5.74, 6) is -7.92. The summed E-state index contributed by atoms with van der Waals surface area (Å²) < 4.78 is 47.2. The zero-order valence-electron chi connectivity index (χ0n) is 29.2. The highest BCUT2D eigenvalue weighted by Gasteiger charge is 2.81. The predicted molar refractivity (Wildman–Crippen MR) is 165 cm³/mol. The SMILES string of the molecule is C=C1C=CC(OC(C)=O)C2(C)C(OC(=O)CC(C)C)C(OC(C)=O)C(OC(C)=O)C3(CO3)C2C(OC(C)=O)C2(O)C(C)C(=O)OC2C1OC. The van der Waals surface area contributed by atoms with Crippen molar-refractivity contribution in [2.24, 2.45) is 23.2 Å². The van der Waals surface area contributed by atoms with E-state index in [0.29, 0.717) is 0 Å². The minimum Gasteiger partial charge on any atom is -0.459 e. The third kappa shape index (κ3) is 6.72. The van der Waals surface area contributed by atoms with Crippen molar-refractivity contribution in [3.8, 4) is 0 Å². The van der Waals surface area contributed by atoms with Gasteiger partial charge in [0.15, 0.2) is 30.0 Å². The van der Waals surface area contributed by atoms with E-state index in [1.165, 1.54) is 33.1 Å². The van der Waals surface area contributed by atoms with E-state index < -0.39 is 107 Å². The summed E-state index contributed by atoms with van der Waals surface area (Å²) in [7, 11) is 1.30. The standard InChI is InChI=1S/C34H46O15/c1-15(2)13-23(39)48-27-25(45-19(6)36)28(46-20(7)37)33(14-43-33)26-30(47-21(8)38)34(41)17(4)31(40)49-29(34)24(42-10)16(3)11-12-22(32(26,27)9)44-18(5)35/h11-12,15,17,22,24-30,41H,3,13-14H2,1-2,4-10H3. The molecule has 15 nitrogen and oxygen atoms in total. The van der Waals surface area contributed by atoms with Gasteiger partial charge in [0.2, 0.25) is 0 Å². The lowest BCUT2D eigenvalue weighted by Gasteiger charge is -2.59. The Morgan fingerprint density at radius 3 is 1.98 bits per heavy atom. The van der Waals surface area contributed by atoms with Crippen LogP contribution in [0.5, 0.6) is 0 Å². The van der Waals surface area contributed by atoms with Crippen LogP contribution in [0, 0.1) is 23.2 Å². The quantitative estimate of drug-likeness (QED) is 0.218. The molecule has 4 aliphatic rings. The molecule has 49 heavy (non-hydrogen) atoms. The average Bonchev–Trinajstić information content (AvgIpc) is 3.73. The Bertz CT molecular complexity index is 1410. The molecule has 4 rings (SSSR count). The van der Waals surface area contributed by atoms with Crippen LogP contribution in [0.15, 0.2) is 24.3 Å². The molecule has 0 radical (unpaired) electrons. The Morgan fingerprint density at radius 1 is 0.939 bits per heavy atom. The van der Waals surface area contributed by atoms with Gasteiger partial charge >= 0.3 is 35.8 Å². The number of rotatable bonds is 8. The van der Waals surface area contributed by atoms with Crippen LogP contribution in [0.25, 0.3) is 0 Å². The molecule has 12 unspecified atom stereocenters. The van der Waals surface area contributed by atoms with Crippen LogP contribution in [0.2, 0.25) is 0 Å². The molecule has 1 spiro atoms. The van der Waals surface area contributed by atoms with Crippen LogP contribution < -0.4 is 0 Å². The van der Waals surface area contributed by atoms with Crippen LogP contribution in [0.1, 0.15) is 61.8 Å². The molecule has 2 aliphatic heterocycles. The zero-order chi connectivity index (χ0) is 36.8. The highest BCUT2D eigenvalue weighted by Crippen LogP contribution is 2.63. The molecule has 272 valence electrons. The molecule has 15 heteroatoms. The van der Waals surface area contributed by atoms with Gasteiger partial charge < -0.3 is 43.0 Å². The number of epoxide rings is 1. The first-order chi connectivity index (χ1) is 22.7. The molecular formula is C34H46O15. The second-order valence-corrected chi connectivity index (χ2v) is 13.8. The molecule has 0 aromatic carbocycles. The fourth-order valence-electron chi connectivity index (χ4n) is 7.80. The van der Waals surface area contributed by atoms with Gasteiger partial charge in [-0.1, -0.05) is 33.4 Å². The summed E-state index contributed by atoms with van der Waals surface area (Å²) in [4.78, 5) is 78.1. The minimum absolute atomic E-state index is 0.0942. The molecule has 1 N–H and O–H groups in total. The molecule has 12 atom stereocenters. The van der Waals surface area contributed by atoms with Crippen LogP contribution in [-0.2, 0) is 66.7 Å². The summed E-state index contributed by atoms with van der Waals surface area (Å²) in [6, 6.07) is 0. The number of aliphatic hydroxyl groups is 1. The molecule has 1 saturated carbocycles. The number of hydrogen-bond acceptors (Lipinski definition) is 15. The van der Waals surface area contributed by atoms with Gasteiger partial charge in [-0.3, -0.25) is 28.8 Å². The molecule has 3 fully saturated rings. The van der Waals surface area contributed by atoms with Crippen molar-refractivity contribution in [2.45, 2.75) is 116 Å². The van der Waals surface area contributed by atoms with Crippen molar-refractivity contribution < 1.29 is 71.8 Å². The van der Waals surface area contributed by atoms with Gasteiger partial charge in [0, 0.05) is 47.1 Å². The van der Waals surface area contributed by atoms with Crippen molar-refractivity contribution in [1.29, 1.82) is 0 Å². The fraction of sp³-hybridized carbons (Fsp3) is 0.706. The largest absolute Gasteiger partial charge is 0.459 e. The van der Waals surface area contributed by atoms with E-state index in [1.54, 1.807) is 13.8 Å². The lowest BCUT2D eigenvalue weighted by molar-refractivity contribution is -0.283. The highest BCUT2D eigenvalue weighted by atomic mass is 16.7. The van der Waals surface area contributed by atoms with Crippen LogP contribution in [0.4, 0.5) is 0 Å². The summed E-state index contributed by atoms with van der Waals surface area (Å²) in [5.41, 5.74) is -5.82. The molecule has 0 aromatic heterocycles. The molecule has 0 bridgehead atoms. The van der Waals surface area contributed by atoms with Crippen molar-refractivity contribution in [3.05, 3.63) is 24.3 Å². The predicted octanol–water partition coefficient (Wildman–Crippen LogP) is 1.51. The first-order valence-corrected chi connectivity index (χ1v) is 16.1. The van der Waals surface area contributed by atoms with Gasteiger partial charge in [-0.2, -0.15) is 0 Å². The second kappa shape index (κ2) is 13.8. The number of carbonyl (C=O) groups excluding carboxylic acids is 6. The number of carbonyl (C=O) groups is 6. The lowest BCUT2D eigenvalue weighted by atomic mass is 9.51. The van der Waals surface area contributed by atoms with Crippen molar-refractivity contribution in [1.82, 2.24) is 0 Å². The van der Waals surface area contributed by atoms with Gasteiger partial charge in [-0.25, -0.2) is 0 Å². The zero-order valence-corrected chi connectivity index (χ0v) is 29.2. The van der Waals surface area contributed by atoms with Gasteiger partial charge in [0.1, 0.15) is 23.9 Å². The van der Waals surface area contributed by atoms with Gasteiger partial charge in [0.05, 0.1) is 17.9 Å². The van der Waals surface area contributed by atoms with E-state index in [4.69, 9.17) is 37.9 Å². The fourth-order valence-corrected chi connectivity index (χ4v) is 7.80. The molecule has 0 aromatic rings. The maximum atomic E-state index is 13.6. The Hall–Kier alpha value is -3.82. The maximum Gasteiger partial charge on any atom is 0.312 e. The van der Waals surface area contributed by atoms with Crippen molar-refractivity contribution in [2.75, 3.05) is 13.7 Å². The van der Waals surface area contributed by atoms with Crippen LogP contribution in [-0.4, -0.2) is 109 Å². The third-order valence-corrected chi connectivity index (χ3v) is 9.88. The molecular weight excluding hydrogens is 648 g/mol. The van der Waals surface area contributed by atoms with Crippen molar-refractivity contribution >= 4 is 35.8 Å². The topological polar surface area (TPSA) is 200 Å². The second-order valence-electron chi connectivity index (χ2n) is 13.8. The minimum atomic E-state index is -2.41. The average molecular weight is 695 g/mol. The van der Waals surface area contributed by atoms with Gasteiger partial charge in [-0.15, -0.1) is 0 Å². The Morgan fingerprint density at radius 2 is 1.49 bits per heavy atom. The molecule has 0 amide bonds. The molecule has 2 heterocycles. The number of esters is 6. The normalized spacial score (nSPS) is 39.6. The third-order valence-electron chi connectivity index (χ3n) is 9.88. The van der Waals surface area contributed by atoms with Gasteiger partial charge in [0.25, 0.3) is 0 Å². The van der Waals surface area contributed by atoms with Crippen LogP contribution in [0.3, 0.4) is 0 Å². The van der Waals surface area contributed by atoms with Crippen molar-refractivity contribution in [3.63, 3.8) is 0 Å². The summed E-state index contributed by atoms with van der Waals surface area (Å²) in [5, 5.41) is 12.9. The first-order valence-electron chi connectivity index (χ1n) is 16.1. The van der Waals surface area contributed by atoms with E-state index in [1.807, 2.05) is 0 Å². The monoisotopic (exact) mass is 694 g/mol. The highest BCUT2D eigenvalue weighted by molar-refractivity contribution is 5.78. The summed E-state index contributed by atoms with van der Waals surface area (Å²) in [6.45, 7) is 14.8. The molecule has 2 aliphatic carbocycles. The Balaban J connectivity index is 2.18. The van der Waals surface area contributed by atoms with E-state index in [-0.39, 0.29) is 24.5 Å². The lowest BCUT2D eigenvalue weighted by Crippen LogP contribution is -2.76. The maximum absolute atomic E-state index is 13.6. The molecule has 2 saturated heterocycles. The number of ether oxygens (including phenoxy) is 8. The van der Waals surface area contributed by atoms with Crippen LogP contribution >= 0.6 is 0 Å². The van der Waals surface area contributed by atoms with E-state index in [9.17, 15) is 33.9 Å². The first kappa shape index (κ1) is 38.0. The number of methoxy groups -OCH3 is 1. The number of fused-ring (bicyclic) bond motifs is 3. The van der Waals surface area contributed by atoms with E-state index >= 15 is 0 Å². The summed E-state index contributed by atoms with van der Waals surface area (Å²) in [6.07, 6.45) is -7.83. The van der Waals surface area contributed by atoms with E-state index in [2.05, 4.69) is 6.58 Å². The smallest absolute Gasteiger partial charge is 0.312 e. The van der Waals surface area contributed by atoms with Gasteiger partial charge in [-0.05, 0) is 24.5 Å². The Labute approximate surface area is 284 Å². The Kier molecular flexibility index (Phi) is 10.7. The van der Waals surface area contributed by atoms with E-state index in [0.717, 1.165) is 27.7 Å².